The van der Waals surface area contributed by atoms with Crippen LogP contribution in [0.15, 0.2) is 42.7 Å². The largest absolute Gasteiger partial charge is 0.493 e. The predicted molar refractivity (Wildman–Crippen MR) is 90.3 cm³/mol. The highest BCUT2D eigenvalue weighted by Gasteiger charge is 2.07. The number of aromatic nitrogens is 1. The number of carboxylic acid groups (broad SMARTS) is 1. The highest BCUT2D eigenvalue weighted by molar-refractivity contribution is 6.06. The number of benzene rings is 1. The summed E-state index contributed by atoms with van der Waals surface area (Å²) >= 11 is 0. The summed E-state index contributed by atoms with van der Waals surface area (Å²) in [5.74, 6) is -0.0257. The van der Waals surface area contributed by atoms with E-state index in [2.05, 4.69) is 4.98 Å². The zero-order chi connectivity index (χ0) is 18.2. The van der Waals surface area contributed by atoms with Crippen molar-refractivity contribution in [3.05, 3.63) is 53.9 Å². The lowest BCUT2D eigenvalue weighted by atomic mass is 10.1. The van der Waals surface area contributed by atoms with Gasteiger partial charge in [0, 0.05) is 11.8 Å². The van der Waals surface area contributed by atoms with Crippen LogP contribution >= 0.6 is 0 Å². The lowest BCUT2D eigenvalue weighted by molar-refractivity contribution is -0.139. The van der Waals surface area contributed by atoms with Crippen molar-refractivity contribution >= 4 is 17.8 Å². The van der Waals surface area contributed by atoms with E-state index in [4.69, 9.17) is 19.3 Å². The van der Waals surface area contributed by atoms with Crippen LogP contribution in [0.1, 0.15) is 15.9 Å². The van der Waals surface area contributed by atoms with Crippen molar-refractivity contribution in [3.8, 4) is 17.2 Å². The predicted octanol–water partition coefficient (Wildman–Crippen LogP) is 2.46. The van der Waals surface area contributed by atoms with Crippen LogP contribution in [0.4, 0.5) is 0 Å². The summed E-state index contributed by atoms with van der Waals surface area (Å²) in [5.41, 5.74) is 1.05. The standard InChI is InChI=1S/C18H17NO6/c1-23-16-6-4-12(7-17(16)24-2)3-5-15(20)13-8-14(10-19-9-13)25-11-18(21)22/h3-10H,11H2,1-2H3,(H,21,22)/b5-3+. The van der Waals surface area contributed by atoms with Crippen molar-refractivity contribution in [3.63, 3.8) is 0 Å². The summed E-state index contributed by atoms with van der Waals surface area (Å²) < 4.78 is 15.4. The van der Waals surface area contributed by atoms with Crippen LogP contribution in [0.2, 0.25) is 0 Å². The first-order chi connectivity index (χ1) is 12.0. The molecule has 0 saturated carbocycles. The number of rotatable bonds is 8. The Kier molecular flexibility index (Phi) is 6.11. The number of ether oxygens (including phenoxy) is 3. The molecule has 1 heterocycles. The zero-order valence-electron chi connectivity index (χ0n) is 13.8. The molecule has 0 spiro atoms. The summed E-state index contributed by atoms with van der Waals surface area (Å²) in [6.45, 7) is -0.499. The van der Waals surface area contributed by atoms with Gasteiger partial charge >= 0.3 is 5.97 Å². The molecule has 0 saturated heterocycles. The van der Waals surface area contributed by atoms with Gasteiger partial charge in [0.25, 0.3) is 0 Å². The topological polar surface area (TPSA) is 95.0 Å². The maximum absolute atomic E-state index is 12.2. The fourth-order valence-electron chi connectivity index (χ4n) is 2.00. The molecule has 0 aliphatic carbocycles. The fourth-order valence-corrected chi connectivity index (χ4v) is 2.00. The van der Waals surface area contributed by atoms with Crippen LogP contribution in [0.25, 0.3) is 6.08 Å². The Morgan fingerprint density at radius 1 is 1.12 bits per heavy atom. The Hall–Kier alpha value is -3.35. The molecule has 25 heavy (non-hydrogen) atoms. The molecule has 0 amide bonds. The normalized spacial score (nSPS) is 10.5. The minimum atomic E-state index is -1.11. The first-order valence-electron chi connectivity index (χ1n) is 7.27. The number of nitrogens with zero attached hydrogens (tertiary/aromatic N) is 1. The van der Waals surface area contributed by atoms with Crippen molar-refractivity contribution in [2.24, 2.45) is 0 Å². The van der Waals surface area contributed by atoms with Gasteiger partial charge in [-0.25, -0.2) is 4.79 Å². The van der Waals surface area contributed by atoms with Crippen LogP contribution < -0.4 is 14.2 Å². The van der Waals surface area contributed by atoms with Crippen LogP contribution in [0.3, 0.4) is 0 Å². The molecule has 0 unspecified atom stereocenters. The maximum atomic E-state index is 12.2. The van der Waals surface area contributed by atoms with Gasteiger partial charge in [-0.05, 0) is 29.8 Å². The molecule has 1 N–H and O–H groups in total. The third-order valence-electron chi connectivity index (χ3n) is 3.19. The Bertz CT molecular complexity index is 800. The van der Waals surface area contributed by atoms with E-state index in [1.54, 1.807) is 31.4 Å². The van der Waals surface area contributed by atoms with Crippen molar-refractivity contribution in [1.29, 1.82) is 0 Å². The number of carboxylic acids is 1. The van der Waals surface area contributed by atoms with Gasteiger partial charge in [-0.1, -0.05) is 12.1 Å². The molecule has 0 fully saturated rings. The van der Waals surface area contributed by atoms with E-state index < -0.39 is 12.6 Å². The van der Waals surface area contributed by atoms with Crippen LogP contribution in [0, 0.1) is 0 Å². The molecular weight excluding hydrogens is 326 g/mol. The highest BCUT2D eigenvalue weighted by atomic mass is 16.5. The Labute approximate surface area is 144 Å². The van der Waals surface area contributed by atoms with Crippen molar-refractivity contribution in [1.82, 2.24) is 4.98 Å². The van der Waals surface area contributed by atoms with Gasteiger partial charge < -0.3 is 19.3 Å². The van der Waals surface area contributed by atoms with E-state index in [1.807, 2.05) is 0 Å². The van der Waals surface area contributed by atoms with Crippen molar-refractivity contribution < 1.29 is 28.9 Å². The summed E-state index contributed by atoms with van der Waals surface area (Å²) in [5, 5.41) is 8.60. The van der Waals surface area contributed by atoms with E-state index in [0.29, 0.717) is 17.1 Å². The van der Waals surface area contributed by atoms with Gasteiger partial charge in [-0.15, -0.1) is 0 Å². The van der Waals surface area contributed by atoms with Crippen molar-refractivity contribution in [2.75, 3.05) is 20.8 Å². The highest BCUT2D eigenvalue weighted by Crippen LogP contribution is 2.28. The zero-order valence-corrected chi connectivity index (χ0v) is 13.8. The van der Waals surface area contributed by atoms with Gasteiger partial charge in [-0.3, -0.25) is 9.78 Å². The number of ketones is 1. The maximum Gasteiger partial charge on any atom is 0.341 e. The summed E-state index contributed by atoms with van der Waals surface area (Å²) in [7, 11) is 3.08. The van der Waals surface area contributed by atoms with Gasteiger partial charge in [-0.2, -0.15) is 0 Å². The molecule has 2 aromatic rings. The Morgan fingerprint density at radius 3 is 2.56 bits per heavy atom. The summed E-state index contributed by atoms with van der Waals surface area (Å²) in [6.07, 6.45) is 5.75. The van der Waals surface area contributed by atoms with Crippen LogP contribution in [-0.4, -0.2) is 42.7 Å². The van der Waals surface area contributed by atoms with Gasteiger partial charge in [0.1, 0.15) is 5.75 Å². The lowest BCUT2D eigenvalue weighted by Crippen LogP contribution is -2.10. The number of pyridine rings is 1. The van der Waals surface area contributed by atoms with E-state index in [1.165, 1.54) is 31.6 Å². The second-order valence-corrected chi connectivity index (χ2v) is 4.90. The molecular formula is C18H17NO6. The molecule has 0 aliphatic heterocycles. The summed E-state index contributed by atoms with van der Waals surface area (Å²) in [4.78, 5) is 26.6. The van der Waals surface area contributed by atoms with Gasteiger partial charge in [0.05, 0.1) is 20.4 Å². The first kappa shape index (κ1) is 18.0. The minimum absolute atomic E-state index is 0.216. The average Bonchev–Trinajstić information content (AvgIpc) is 2.64. The molecule has 7 heteroatoms. The van der Waals surface area contributed by atoms with E-state index in [9.17, 15) is 9.59 Å². The second-order valence-electron chi connectivity index (χ2n) is 4.90. The van der Waals surface area contributed by atoms with E-state index in [-0.39, 0.29) is 11.5 Å². The smallest absolute Gasteiger partial charge is 0.341 e. The third kappa shape index (κ3) is 5.07. The number of methoxy groups -OCH3 is 2. The third-order valence-corrected chi connectivity index (χ3v) is 3.19. The van der Waals surface area contributed by atoms with Gasteiger partial charge in [0.15, 0.2) is 23.9 Å². The molecule has 0 aliphatic rings. The molecule has 2 rings (SSSR count). The molecule has 1 aromatic heterocycles. The van der Waals surface area contributed by atoms with Crippen LogP contribution in [0.5, 0.6) is 17.2 Å². The van der Waals surface area contributed by atoms with Gasteiger partial charge in [0.2, 0.25) is 0 Å². The molecule has 130 valence electrons. The number of allylic oxidation sites excluding steroid dienone is 1. The lowest BCUT2D eigenvalue weighted by Gasteiger charge is -2.07. The average molecular weight is 343 g/mol. The van der Waals surface area contributed by atoms with Crippen molar-refractivity contribution in [2.45, 2.75) is 0 Å². The fraction of sp³-hybridized carbons (Fsp3) is 0.167. The Balaban J connectivity index is 2.12. The summed E-state index contributed by atoms with van der Waals surface area (Å²) in [6, 6.07) is 6.71. The first-order valence-corrected chi connectivity index (χ1v) is 7.27. The van der Waals surface area contributed by atoms with E-state index in [0.717, 1.165) is 5.56 Å². The Morgan fingerprint density at radius 2 is 1.88 bits per heavy atom. The number of carbonyl (C=O) groups excluding carboxylic acids is 1. The SMILES string of the molecule is COc1ccc(/C=C/C(=O)c2cncc(OCC(=O)O)c2)cc1OC. The van der Waals surface area contributed by atoms with Crippen LogP contribution in [-0.2, 0) is 4.79 Å². The number of aliphatic carboxylic acids is 1. The molecule has 7 nitrogen and oxygen atoms in total. The molecule has 1 aromatic carbocycles. The monoisotopic (exact) mass is 343 g/mol. The van der Waals surface area contributed by atoms with E-state index >= 15 is 0 Å². The minimum Gasteiger partial charge on any atom is -0.493 e. The quantitative estimate of drug-likeness (QED) is 0.581. The molecule has 0 radical (unpaired) electrons. The molecule has 0 bridgehead atoms. The number of carbonyl (C=O) groups is 2. The number of hydrogen-bond acceptors (Lipinski definition) is 6. The molecule has 0 atom stereocenters. The second kappa shape index (κ2) is 8.49. The number of hydrogen-bond donors (Lipinski definition) is 1.